The number of likely N-dealkylation sites (tertiary alicyclic amines) is 1. The zero-order valence-corrected chi connectivity index (χ0v) is 14.6. The quantitative estimate of drug-likeness (QED) is 0.864. The SMILES string of the molecule is Cc1nc2c(c(C)c1CCC(=O)N1CCCC1CN)c(=O)[nH]n2C. The second-order valence-electron chi connectivity index (χ2n) is 6.62. The number of H-pyrrole nitrogens is 1. The van der Waals surface area contributed by atoms with Gasteiger partial charge in [0.25, 0.3) is 5.56 Å². The Morgan fingerprint density at radius 1 is 1.42 bits per heavy atom. The Kier molecular flexibility index (Phi) is 4.45. The highest BCUT2D eigenvalue weighted by Gasteiger charge is 2.27. The first-order chi connectivity index (χ1) is 11.4. The largest absolute Gasteiger partial charge is 0.338 e. The van der Waals surface area contributed by atoms with E-state index < -0.39 is 0 Å². The van der Waals surface area contributed by atoms with Crippen LogP contribution in [0.25, 0.3) is 11.0 Å². The smallest absolute Gasteiger partial charge is 0.273 e. The van der Waals surface area contributed by atoms with Crippen molar-refractivity contribution in [2.45, 2.75) is 45.6 Å². The standard InChI is InChI=1S/C17H25N5O2/c1-10-13(6-7-14(23)22-8-4-5-12(22)9-18)11(2)19-16-15(10)17(24)20-21(16)3/h12H,4-9,18H2,1-3H3,(H,20,24). The third-order valence-corrected chi connectivity index (χ3v) is 5.13. The van der Waals surface area contributed by atoms with Crippen LogP contribution in [0.3, 0.4) is 0 Å². The molecule has 1 fully saturated rings. The number of hydrogen-bond donors (Lipinski definition) is 2. The van der Waals surface area contributed by atoms with Gasteiger partial charge in [-0.15, -0.1) is 0 Å². The first kappa shape index (κ1) is 16.7. The van der Waals surface area contributed by atoms with Crippen LogP contribution in [-0.2, 0) is 18.3 Å². The van der Waals surface area contributed by atoms with Crippen molar-refractivity contribution < 1.29 is 4.79 Å². The fraction of sp³-hybridized carbons (Fsp3) is 0.588. The average Bonchev–Trinajstić information content (AvgIpc) is 3.11. The Hall–Kier alpha value is -2.15. The van der Waals surface area contributed by atoms with E-state index in [0.717, 1.165) is 36.2 Å². The van der Waals surface area contributed by atoms with Crippen LogP contribution in [0.5, 0.6) is 0 Å². The van der Waals surface area contributed by atoms with Gasteiger partial charge in [-0.2, -0.15) is 0 Å². The minimum Gasteiger partial charge on any atom is -0.338 e. The van der Waals surface area contributed by atoms with Crippen LogP contribution >= 0.6 is 0 Å². The summed E-state index contributed by atoms with van der Waals surface area (Å²) in [6.45, 7) is 5.19. The first-order valence-electron chi connectivity index (χ1n) is 8.48. The molecule has 24 heavy (non-hydrogen) atoms. The number of amides is 1. The molecule has 1 amide bonds. The third-order valence-electron chi connectivity index (χ3n) is 5.13. The number of pyridine rings is 1. The van der Waals surface area contributed by atoms with E-state index in [1.54, 1.807) is 11.7 Å². The Labute approximate surface area is 140 Å². The molecule has 2 aromatic heterocycles. The van der Waals surface area contributed by atoms with Crippen molar-refractivity contribution in [3.63, 3.8) is 0 Å². The maximum absolute atomic E-state index is 12.5. The molecule has 7 heteroatoms. The minimum atomic E-state index is -0.132. The lowest BCUT2D eigenvalue weighted by Crippen LogP contribution is -2.40. The highest BCUT2D eigenvalue weighted by atomic mass is 16.2. The number of fused-ring (bicyclic) bond motifs is 1. The van der Waals surface area contributed by atoms with E-state index in [1.807, 2.05) is 18.7 Å². The third kappa shape index (κ3) is 2.73. The number of rotatable bonds is 4. The summed E-state index contributed by atoms with van der Waals surface area (Å²) in [6.07, 6.45) is 3.05. The van der Waals surface area contributed by atoms with Gasteiger partial charge in [0.1, 0.15) is 0 Å². The summed E-state index contributed by atoms with van der Waals surface area (Å²) >= 11 is 0. The maximum atomic E-state index is 12.5. The van der Waals surface area contributed by atoms with E-state index in [9.17, 15) is 9.59 Å². The topological polar surface area (TPSA) is 97.0 Å². The monoisotopic (exact) mass is 331 g/mol. The lowest BCUT2D eigenvalue weighted by Gasteiger charge is -2.23. The summed E-state index contributed by atoms with van der Waals surface area (Å²) in [5.74, 6) is 0.142. The van der Waals surface area contributed by atoms with Gasteiger partial charge in [0.05, 0.1) is 5.39 Å². The van der Waals surface area contributed by atoms with Crippen molar-refractivity contribution in [3.05, 3.63) is 27.2 Å². The van der Waals surface area contributed by atoms with Gasteiger partial charge in [-0.1, -0.05) is 0 Å². The van der Waals surface area contributed by atoms with E-state index in [4.69, 9.17) is 5.73 Å². The van der Waals surface area contributed by atoms with Gasteiger partial charge in [0.15, 0.2) is 5.65 Å². The van der Waals surface area contributed by atoms with E-state index >= 15 is 0 Å². The van der Waals surface area contributed by atoms with Gasteiger partial charge in [0, 0.05) is 38.3 Å². The molecule has 2 aromatic rings. The van der Waals surface area contributed by atoms with Crippen molar-refractivity contribution in [2.75, 3.05) is 13.1 Å². The van der Waals surface area contributed by atoms with Crippen LogP contribution in [0.1, 0.15) is 36.1 Å². The number of carbonyl (C=O) groups excluding carboxylic acids is 1. The number of nitrogens with two attached hydrogens (primary N) is 1. The molecule has 0 aromatic carbocycles. The summed E-state index contributed by atoms with van der Waals surface area (Å²) in [5, 5.41) is 3.36. The number of aromatic amines is 1. The van der Waals surface area contributed by atoms with Crippen LogP contribution < -0.4 is 11.3 Å². The van der Waals surface area contributed by atoms with Crippen LogP contribution in [0.2, 0.25) is 0 Å². The fourth-order valence-corrected chi connectivity index (χ4v) is 3.80. The van der Waals surface area contributed by atoms with Crippen LogP contribution in [-0.4, -0.2) is 44.7 Å². The van der Waals surface area contributed by atoms with Gasteiger partial charge in [-0.3, -0.25) is 19.4 Å². The zero-order valence-electron chi connectivity index (χ0n) is 14.6. The number of nitrogens with one attached hydrogen (secondary N) is 1. The van der Waals surface area contributed by atoms with Crippen molar-refractivity contribution >= 4 is 16.9 Å². The number of aromatic nitrogens is 3. The minimum absolute atomic E-state index is 0.132. The van der Waals surface area contributed by atoms with Crippen molar-refractivity contribution in [3.8, 4) is 0 Å². The van der Waals surface area contributed by atoms with Gasteiger partial charge < -0.3 is 10.6 Å². The Morgan fingerprint density at radius 3 is 2.88 bits per heavy atom. The maximum Gasteiger partial charge on any atom is 0.273 e. The number of hydrogen-bond acceptors (Lipinski definition) is 4. The Morgan fingerprint density at radius 2 is 2.17 bits per heavy atom. The molecular weight excluding hydrogens is 306 g/mol. The molecule has 0 bridgehead atoms. The van der Waals surface area contributed by atoms with E-state index in [2.05, 4.69) is 10.1 Å². The molecule has 130 valence electrons. The molecule has 1 unspecified atom stereocenters. The summed E-state index contributed by atoms with van der Waals surface area (Å²) in [7, 11) is 1.78. The lowest BCUT2D eigenvalue weighted by atomic mass is 10.00. The highest BCUT2D eigenvalue weighted by molar-refractivity contribution is 5.81. The molecule has 7 nitrogen and oxygen atoms in total. The van der Waals surface area contributed by atoms with Gasteiger partial charge in [-0.05, 0) is 44.2 Å². The lowest BCUT2D eigenvalue weighted by molar-refractivity contribution is -0.131. The molecule has 0 spiro atoms. The molecule has 1 saturated heterocycles. The van der Waals surface area contributed by atoms with E-state index in [1.165, 1.54) is 0 Å². The zero-order chi connectivity index (χ0) is 17.4. The molecule has 1 aliphatic rings. The first-order valence-corrected chi connectivity index (χ1v) is 8.48. The van der Waals surface area contributed by atoms with Crippen molar-refractivity contribution in [1.82, 2.24) is 19.7 Å². The van der Waals surface area contributed by atoms with Gasteiger partial charge >= 0.3 is 0 Å². The van der Waals surface area contributed by atoms with Crippen molar-refractivity contribution in [2.24, 2.45) is 12.8 Å². The van der Waals surface area contributed by atoms with E-state index in [0.29, 0.717) is 30.4 Å². The Bertz CT molecular complexity index is 836. The molecule has 0 aliphatic carbocycles. The van der Waals surface area contributed by atoms with Crippen LogP contribution in [0.4, 0.5) is 0 Å². The number of aryl methyl sites for hydroxylation is 3. The van der Waals surface area contributed by atoms with Crippen LogP contribution in [0.15, 0.2) is 4.79 Å². The second kappa shape index (κ2) is 6.39. The summed E-state index contributed by atoms with van der Waals surface area (Å²) < 4.78 is 1.64. The van der Waals surface area contributed by atoms with Gasteiger partial charge in [0.2, 0.25) is 5.91 Å². The predicted molar refractivity (Wildman–Crippen MR) is 92.9 cm³/mol. The number of carbonyl (C=O) groups is 1. The molecule has 1 atom stereocenters. The molecule has 3 N–H and O–H groups in total. The molecule has 0 radical (unpaired) electrons. The fourth-order valence-electron chi connectivity index (χ4n) is 3.80. The normalized spacial score (nSPS) is 17.8. The Balaban J connectivity index is 1.84. The molecule has 3 rings (SSSR count). The number of nitrogens with zero attached hydrogens (tertiary/aromatic N) is 3. The highest BCUT2D eigenvalue weighted by Crippen LogP contribution is 2.23. The summed E-state index contributed by atoms with van der Waals surface area (Å²) in [6, 6.07) is 0.178. The van der Waals surface area contributed by atoms with Crippen LogP contribution in [0, 0.1) is 13.8 Å². The van der Waals surface area contributed by atoms with E-state index in [-0.39, 0.29) is 17.5 Å². The summed E-state index contributed by atoms with van der Waals surface area (Å²) in [5.41, 5.74) is 9.07. The molecule has 1 aliphatic heterocycles. The predicted octanol–water partition coefficient (Wildman–Crippen LogP) is 0.761. The molecule has 3 heterocycles. The van der Waals surface area contributed by atoms with Gasteiger partial charge in [-0.25, -0.2) is 4.98 Å². The molecular formula is C17H25N5O2. The second-order valence-corrected chi connectivity index (χ2v) is 6.62. The molecule has 0 saturated carbocycles. The van der Waals surface area contributed by atoms with Crippen molar-refractivity contribution in [1.29, 1.82) is 0 Å². The summed E-state index contributed by atoms with van der Waals surface area (Å²) in [4.78, 5) is 31.1. The average molecular weight is 331 g/mol.